The number of rotatable bonds is 5. The molecule has 1 heterocycles. The van der Waals surface area contributed by atoms with Gasteiger partial charge < -0.3 is 23.7 Å². The van der Waals surface area contributed by atoms with Crippen molar-refractivity contribution in [3.8, 4) is 0 Å². The van der Waals surface area contributed by atoms with Crippen LogP contribution >= 0.6 is 0 Å². The molecule has 0 aromatic carbocycles. The highest BCUT2D eigenvalue weighted by Crippen LogP contribution is 2.23. The molecule has 1 saturated heterocycles. The minimum atomic E-state index is -1.21. The van der Waals surface area contributed by atoms with Gasteiger partial charge in [0.05, 0.1) is 13.2 Å². The smallest absolute Gasteiger partial charge is 0.409 e. The summed E-state index contributed by atoms with van der Waals surface area (Å²) in [5.41, 5.74) is 0. The summed E-state index contributed by atoms with van der Waals surface area (Å²) in [4.78, 5) is 45.5. The summed E-state index contributed by atoms with van der Waals surface area (Å²) in [7, 11) is 0. The lowest BCUT2D eigenvalue weighted by Gasteiger charge is -2.40. The molecule has 4 atom stereocenters. The highest BCUT2D eigenvalue weighted by molar-refractivity contribution is 5.69. The first-order valence-corrected chi connectivity index (χ1v) is 7.31. The van der Waals surface area contributed by atoms with Gasteiger partial charge in [-0.1, -0.05) is 0 Å². The quantitative estimate of drug-likeness (QED) is 0.535. The Balaban J connectivity index is 3.01. The minimum absolute atomic E-state index is 0.125. The van der Waals surface area contributed by atoms with Crippen molar-refractivity contribution in [1.82, 2.24) is 5.32 Å². The molecule has 0 aromatic rings. The molecular formula is C14H21NO9. The Morgan fingerprint density at radius 1 is 0.958 bits per heavy atom. The van der Waals surface area contributed by atoms with Gasteiger partial charge in [0.2, 0.25) is 0 Å². The largest absolute Gasteiger partial charge is 0.456 e. The van der Waals surface area contributed by atoms with Gasteiger partial charge in [-0.3, -0.25) is 19.7 Å². The van der Waals surface area contributed by atoms with Crippen LogP contribution in [-0.4, -0.2) is 61.8 Å². The molecule has 0 aliphatic carbocycles. The second-order valence-electron chi connectivity index (χ2n) is 4.91. The van der Waals surface area contributed by atoms with E-state index < -0.39 is 48.5 Å². The van der Waals surface area contributed by atoms with E-state index in [0.717, 1.165) is 13.8 Å². The van der Waals surface area contributed by atoms with Gasteiger partial charge in [0.1, 0.15) is 0 Å². The number of ether oxygens (including phenoxy) is 5. The van der Waals surface area contributed by atoms with E-state index in [1.54, 1.807) is 6.92 Å². The Kier molecular flexibility index (Phi) is 7.43. The molecule has 24 heavy (non-hydrogen) atoms. The lowest BCUT2D eigenvalue weighted by molar-refractivity contribution is -0.228. The van der Waals surface area contributed by atoms with Crippen LogP contribution in [0.5, 0.6) is 0 Å². The first-order chi connectivity index (χ1) is 11.2. The maximum atomic E-state index is 11.6. The summed E-state index contributed by atoms with van der Waals surface area (Å²) in [5.74, 6) is -2.00. The van der Waals surface area contributed by atoms with E-state index >= 15 is 0 Å². The molecule has 1 aliphatic rings. The van der Waals surface area contributed by atoms with Crippen LogP contribution in [0.25, 0.3) is 0 Å². The third kappa shape index (κ3) is 6.03. The molecule has 0 saturated carbocycles. The van der Waals surface area contributed by atoms with Crippen molar-refractivity contribution in [2.45, 2.75) is 52.2 Å². The monoisotopic (exact) mass is 347 g/mol. The topological polar surface area (TPSA) is 126 Å². The third-order valence-electron chi connectivity index (χ3n) is 2.89. The van der Waals surface area contributed by atoms with Gasteiger partial charge in [0.15, 0.2) is 24.5 Å². The molecule has 0 bridgehead atoms. The minimum Gasteiger partial charge on any atom is -0.456 e. The van der Waals surface area contributed by atoms with Gasteiger partial charge in [-0.2, -0.15) is 0 Å². The zero-order chi connectivity index (χ0) is 18.3. The van der Waals surface area contributed by atoms with Crippen LogP contribution in [0, 0.1) is 0 Å². The summed E-state index contributed by atoms with van der Waals surface area (Å²) in [6, 6.07) is 0. The Labute approximate surface area is 138 Å². The zero-order valence-corrected chi connectivity index (χ0v) is 13.9. The fraction of sp³-hybridized carbons (Fsp3) is 0.714. The molecule has 136 valence electrons. The average Bonchev–Trinajstić information content (AvgIpc) is 2.44. The molecule has 0 aromatic heterocycles. The van der Waals surface area contributed by atoms with Crippen molar-refractivity contribution in [2.24, 2.45) is 0 Å². The van der Waals surface area contributed by atoms with E-state index in [2.05, 4.69) is 5.32 Å². The Morgan fingerprint density at radius 3 is 2.00 bits per heavy atom. The molecular weight excluding hydrogens is 326 g/mol. The van der Waals surface area contributed by atoms with Crippen molar-refractivity contribution < 1.29 is 42.9 Å². The molecule has 0 radical (unpaired) electrons. The predicted molar refractivity (Wildman–Crippen MR) is 76.6 cm³/mol. The van der Waals surface area contributed by atoms with Crippen LogP contribution in [0.1, 0.15) is 27.7 Å². The van der Waals surface area contributed by atoms with Gasteiger partial charge in [-0.05, 0) is 6.92 Å². The number of amides is 1. The first-order valence-electron chi connectivity index (χ1n) is 7.31. The van der Waals surface area contributed by atoms with Crippen molar-refractivity contribution in [2.75, 3.05) is 13.2 Å². The number of carbonyl (C=O) groups excluding carboxylic acids is 4. The summed E-state index contributed by atoms with van der Waals surface area (Å²) in [6.45, 7) is 5.03. The fourth-order valence-electron chi connectivity index (χ4n) is 2.15. The average molecular weight is 347 g/mol. The van der Waals surface area contributed by atoms with E-state index in [4.69, 9.17) is 23.7 Å². The molecule has 0 spiro atoms. The van der Waals surface area contributed by atoms with Crippen molar-refractivity contribution in [1.29, 1.82) is 0 Å². The van der Waals surface area contributed by atoms with Crippen molar-refractivity contribution in [3.63, 3.8) is 0 Å². The first kappa shape index (κ1) is 19.7. The van der Waals surface area contributed by atoms with E-state index in [0.29, 0.717) is 0 Å². The van der Waals surface area contributed by atoms with E-state index in [-0.39, 0.29) is 13.2 Å². The molecule has 1 aliphatic heterocycles. The van der Waals surface area contributed by atoms with Gasteiger partial charge in [0.25, 0.3) is 0 Å². The maximum absolute atomic E-state index is 11.6. The van der Waals surface area contributed by atoms with Crippen LogP contribution in [0.15, 0.2) is 0 Å². The van der Waals surface area contributed by atoms with E-state index in [1.165, 1.54) is 6.92 Å². The predicted octanol–water partition coefficient (Wildman–Crippen LogP) is -0.116. The SMILES string of the molecule is CCOC(=O)N[C@@H]1OC[C@H](OC(C)=O)[C@@H](OC(C)=O)[C@H]1OC(C)=O. The molecule has 1 amide bonds. The maximum Gasteiger partial charge on any atom is 0.409 e. The fourth-order valence-corrected chi connectivity index (χ4v) is 2.15. The van der Waals surface area contributed by atoms with Crippen LogP contribution in [-0.2, 0) is 38.1 Å². The van der Waals surface area contributed by atoms with Crippen LogP contribution in [0.4, 0.5) is 4.79 Å². The number of hydrogen-bond donors (Lipinski definition) is 1. The number of alkyl carbamates (subject to hydrolysis) is 1. The summed E-state index contributed by atoms with van der Waals surface area (Å²) < 4.78 is 25.4. The summed E-state index contributed by atoms with van der Waals surface area (Å²) in [5, 5.41) is 2.36. The molecule has 0 unspecified atom stereocenters. The van der Waals surface area contributed by atoms with Crippen LogP contribution in [0.3, 0.4) is 0 Å². The second kappa shape index (κ2) is 9.06. The number of esters is 3. The molecule has 1 N–H and O–H groups in total. The van der Waals surface area contributed by atoms with Gasteiger partial charge in [-0.15, -0.1) is 0 Å². The van der Waals surface area contributed by atoms with Gasteiger partial charge in [0, 0.05) is 20.8 Å². The van der Waals surface area contributed by atoms with E-state index in [1.807, 2.05) is 0 Å². The zero-order valence-electron chi connectivity index (χ0n) is 13.9. The standard InChI is InChI=1S/C14H21NO9/c1-5-20-14(19)15-13-12(24-9(4)18)11(23-8(3)17)10(6-21-13)22-7(2)16/h10-13H,5-6H2,1-4H3,(H,15,19)/t10-,11+,12+,13+/m0/s1. The Bertz CT molecular complexity index is 493. The highest BCUT2D eigenvalue weighted by Gasteiger charge is 2.47. The summed E-state index contributed by atoms with van der Waals surface area (Å²) >= 11 is 0. The molecule has 10 nitrogen and oxygen atoms in total. The normalized spacial score (nSPS) is 26.0. The van der Waals surface area contributed by atoms with Crippen molar-refractivity contribution >= 4 is 24.0 Å². The van der Waals surface area contributed by atoms with E-state index in [9.17, 15) is 19.2 Å². The Morgan fingerprint density at radius 2 is 1.50 bits per heavy atom. The number of hydrogen-bond acceptors (Lipinski definition) is 9. The Hall–Kier alpha value is -2.36. The molecule has 1 rings (SSSR count). The van der Waals surface area contributed by atoms with Crippen LogP contribution in [0.2, 0.25) is 0 Å². The van der Waals surface area contributed by atoms with Crippen molar-refractivity contribution in [3.05, 3.63) is 0 Å². The molecule has 10 heteroatoms. The highest BCUT2D eigenvalue weighted by atomic mass is 16.6. The summed E-state index contributed by atoms with van der Waals surface area (Å²) in [6.07, 6.45) is -5.28. The second-order valence-corrected chi connectivity index (χ2v) is 4.91. The molecule has 1 fully saturated rings. The van der Waals surface area contributed by atoms with Gasteiger partial charge in [-0.25, -0.2) is 4.79 Å². The lowest BCUT2D eigenvalue weighted by atomic mass is 10.0. The lowest BCUT2D eigenvalue weighted by Crippen LogP contribution is -2.62. The van der Waals surface area contributed by atoms with Gasteiger partial charge >= 0.3 is 24.0 Å². The number of nitrogens with one attached hydrogen (secondary N) is 1. The number of carbonyl (C=O) groups is 4. The van der Waals surface area contributed by atoms with Crippen LogP contribution < -0.4 is 5.32 Å². The third-order valence-corrected chi connectivity index (χ3v) is 2.89.